The number of carbonyl (C=O) groups is 1. The van der Waals surface area contributed by atoms with E-state index in [2.05, 4.69) is 22.9 Å². The summed E-state index contributed by atoms with van der Waals surface area (Å²) in [5.74, 6) is 2.92. The molecule has 3 aliphatic rings. The highest BCUT2D eigenvalue weighted by Crippen LogP contribution is 2.48. The average molecular weight is 334 g/mol. The van der Waals surface area contributed by atoms with Crippen LogP contribution >= 0.6 is 0 Å². The molecule has 1 saturated carbocycles. The first-order chi connectivity index (χ1) is 10.7. The standard InChI is InChI=1S/C19H21FNO.ClH/c20-16-7-5-13(6-8-16)19(22)2-1-9-21-11-17-14-3-4-15(10-14)18(17)12-21;/h3-8,11,14-15,17-18H,1-2,9-10,12H2;1H/q+1;/p-1. The van der Waals surface area contributed by atoms with Crippen LogP contribution in [0.5, 0.6) is 0 Å². The lowest BCUT2D eigenvalue weighted by Crippen LogP contribution is -3.00. The molecule has 2 aliphatic carbocycles. The van der Waals surface area contributed by atoms with Gasteiger partial charge in [-0.3, -0.25) is 4.79 Å². The summed E-state index contributed by atoms with van der Waals surface area (Å²) in [6, 6.07) is 5.86. The summed E-state index contributed by atoms with van der Waals surface area (Å²) in [5, 5.41) is 0. The molecule has 4 atom stereocenters. The first-order valence-corrected chi connectivity index (χ1v) is 8.27. The van der Waals surface area contributed by atoms with Crippen LogP contribution in [0.25, 0.3) is 0 Å². The highest BCUT2D eigenvalue weighted by atomic mass is 35.5. The summed E-state index contributed by atoms with van der Waals surface area (Å²) >= 11 is 0. The van der Waals surface area contributed by atoms with E-state index in [4.69, 9.17) is 0 Å². The molecule has 1 fully saturated rings. The zero-order chi connectivity index (χ0) is 15.1. The lowest BCUT2D eigenvalue weighted by molar-refractivity contribution is -0.522. The highest BCUT2D eigenvalue weighted by molar-refractivity contribution is 5.95. The van der Waals surface area contributed by atoms with Crippen LogP contribution in [-0.2, 0) is 0 Å². The number of nitrogens with zero attached hydrogens (tertiary/aromatic N) is 1. The number of hydrogen-bond donors (Lipinski definition) is 0. The number of allylic oxidation sites excluding steroid dienone is 2. The molecule has 1 aromatic carbocycles. The van der Waals surface area contributed by atoms with E-state index in [0.717, 1.165) is 43.2 Å². The molecule has 4 rings (SSSR count). The van der Waals surface area contributed by atoms with Crippen LogP contribution in [-0.4, -0.2) is 29.7 Å². The molecule has 1 aliphatic heterocycles. The molecule has 4 unspecified atom stereocenters. The molecule has 2 bridgehead atoms. The third kappa shape index (κ3) is 3.12. The van der Waals surface area contributed by atoms with Crippen LogP contribution in [0.4, 0.5) is 4.39 Å². The molecule has 0 saturated heterocycles. The Labute approximate surface area is 142 Å². The predicted octanol–water partition coefficient (Wildman–Crippen LogP) is 0.328. The maximum absolute atomic E-state index is 12.9. The summed E-state index contributed by atoms with van der Waals surface area (Å²) in [6.07, 6.45) is 9.97. The van der Waals surface area contributed by atoms with Crippen LogP contribution in [0, 0.1) is 29.5 Å². The van der Waals surface area contributed by atoms with Gasteiger partial charge in [0.25, 0.3) is 0 Å². The van der Waals surface area contributed by atoms with Gasteiger partial charge in [0.2, 0.25) is 0 Å². The van der Waals surface area contributed by atoms with E-state index in [0.29, 0.717) is 12.0 Å². The summed E-state index contributed by atoms with van der Waals surface area (Å²) in [7, 11) is 0. The minimum absolute atomic E-state index is 0. The summed E-state index contributed by atoms with van der Waals surface area (Å²) in [6.45, 7) is 2.11. The lowest BCUT2D eigenvalue weighted by Gasteiger charge is -2.14. The molecular formula is C19H21ClFNO. The number of ketones is 1. The van der Waals surface area contributed by atoms with Crippen LogP contribution in [0.15, 0.2) is 36.4 Å². The molecule has 0 aromatic heterocycles. The van der Waals surface area contributed by atoms with Crippen molar-refractivity contribution in [3.8, 4) is 0 Å². The van der Waals surface area contributed by atoms with Gasteiger partial charge in [0, 0.05) is 24.3 Å². The second kappa shape index (κ2) is 6.56. The Hall–Kier alpha value is -1.48. The van der Waals surface area contributed by atoms with Gasteiger partial charge in [-0.25, -0.2) is 8.97 Å². The van der Waals surface area contributed by atoms with E-state index in [1.54, 1.807) is 12.1 Å². The third-order valence-electron chi connectivity index (χ3n) is 5.53. The molecule has 0 N–H and O–H groups in total. The molecule has 0 spiro atoms. The van der Waals surface area contributed by atoms with Crippen molar-refractivity contribution in [2.45, 2.75) is 19.3 Å². The van der Waals surface area contributed by atoms with Crippen molar-refractivity contribution in [2.75, 3.05) is 13.1 Å². The number of fused-ring (bicyclic) bond motifs is 5. The number of hydrogen-bond acceptors (Lipinski definition) is 1. The largest absolute Gasteiger partial charge is 1.00 e. The third-order valence-corrected chi connectivity index (χ3v) is 5.53. The Morgan fingerprint density at radius 1 is 1.17 bits per heavy atom. The molecule has 2 nitrogen and oxygen atoms in total. The van der Waals surface area contributed by atoms with Crippen molar-refractivity contribution in [2.24, 2.45) is 23.7 Å². The van der Waals surface area contributed by atoms with E-state index in [9.17, 15) is 9.18 Å². The normalized spacial score (nSPS) is 30.0. The van der Waals surface area contributed by atoms with E-state index >= 15 is 0 Å². The van der Waals surface area contributed by atoms with E-state index in [-0.39, 0.29) is 24.0 Å². The molecule has 23 heavy (non-hydrogen) atoms. The highest BCUT2D eigenvalue weighted by Gasteiger charge is 2.50. The zero-order valence-electron chi connectivity index (χ0n) is 13.0. The molecular weight excluding hydrogens is 313 g/mol. The van der Waals surface area contributed by atoms with Gasteiger partial charge in [0.1, 0.15) is 25.1 Å². The monoisotopic (exact) mass is 333 g/mol. The summed E-state index contributed by atoms with van der Waals surface area (Å²) in [5.41, 5.74) is 0.617. The van der Waals surface area contributed by atoms with Crippen molar-refractivity contribution >= 4 is 12.0 Å². The minimum atomic E-state index is -0.294. The summed E-state index contributed by atoms with van der Waals surface area (Å²) in [4.78, 5) is 12.1. The molecule has 0 radical (unpaired) electrons. The molecule has 1 aromatic rings. The fourth-order valence-corrected chi connectivity index (χ4v) is 4.40. The Bertz CT molecular complexity index is 652. The minimum Gasteiger partial charge on any atom is -1.00 e. The number of halogens is 2. The molecule has 4 heteroatoms. The first-order valence-electron chi connectivity index (χ1n) is 8.27. The van der Waals surface area contributed by atoms with Gasteiger partial charge in [-0.1, -0.05) is 12.2 Å². The second-order valence-corrected chi connectivity index (χ2v) is 6.87. The summed E-state index contributed by atoms with van der Waals surface area (Å²) < 4.78 is 15.3. The van der Waals surface area contributed by atoms with Crippen LogP contribution in [0.1, 0.15) is 29.6 Å². The lowest BCUT2D eigenvalue weighted by atomic mass is 9.86. The SMILES string of the molecule is O=C(CCC[N+]1=CC2C3C=CC(C3)C2C1)c1ccc(F)cc1.[Cl-]. The quantitative estimate of drug-likeness (QED) is 0.432. The van der Waals surface area contributed by atoms with Crippen molar-refractivity contribution < 1.29 is 26.2 Å². The van der Waals surface area contributed by atoms with E-state index in [1.807, 2.05) is 0 Å². The van der Waals surface area contributed by atoms with Crippen molar-refractivity contribution in [3.05, 3.63) is 47.8 Å². The average Bonchev–Trinajstić information content (AvgIpc) is 3.20. The fraction of sp³-hybridized carbons (Fsp3) is 0.474. The van der Waals surface area contributed by atoms with Crippen molar-refractivity contribution in [3.63, 3.8) is 0 Å². The number of Topliss-reactive ketones (excluding diaryl/α,β-unsaturated/α-hetero) is 1. The van der Waals surface area contributed by atoms with Gasteiger partial charge in [-0.05, 0) is 42.5 Å². The van der Waals surface area contributed by atoms with Crippen LogP contribution in [0.2, 0.25) is 0 Å². The molecule has 1 heterocycles. The van der Waals surface area contributed by atoms with Crippen LogP contribution in [0.3, 0.4) is 0 Å². The maximum Gasteiger partial charge on any atom is 0.163 e. The maximum atomic E-state index is 12.9. The number of carbonyl (C=O) groups excluding carboxylic acids is 1. The van der Waals surface area contributed by atoms with Crippen molar-refractivity contribution in [1.82, 2.24) is 0 Å². The topological polar surface area (TPSA) is 20.1 Å². The van der Waals surface area contributed by atoms with Gasteiger partial charge in [0.05, 0.1) is 5.92 Å². The second-order valence-electron chi connectivity index (χ2n) is 6.87. The predicted molar refractivity (Wildman–Crippen MR) is 83.7 cm³/mol. The Kier molecular flexibility index (Phi) is 4.67. The number of rotatable bonds is 5. The number of benzene rings is 1. The van der Waals surface area contributed by atoms with Gasteiger partial charge in [-0.15, -0.1) is 0 Å². The molecule has 122 valence electrons. The smallest absolute Gasteiger partial charge is 0.163 e. The van der Waals surface area contributed by atoms with Gasteiger partial charge in [0.15, 0.2) is 5.78 Å². The van der Waals surface area contributed by atoms with Crippen molar-refractivity contribution in [1.29, 1.82) is 0 Å². The molecule has 0 amide bonds. The van der Waals surface area contributed by atoms with Gasteiger partial charge in [-0.2, -0.15) is 0 Å². The zero-order valence-corrected chi connectivity index (χ0v) is 13.8. The Morgan fingerprint density at radius 2 is 1.91 bits per heavy atom. The Balaban J connectivity index is 0.00000156. The van der Waals surface area contributed by atoms with E-state index in [1.165, 1.54) is 18.6 Å². The van der Waals surface area contributed by atoms with Gasteiger partial charge >= 0.3 is 0 Å². The Morgan fingerprint density at radius 3 is 2.65 bits per heavy atom. The van der Waals surface area contributed by atoms with E-state index < -0.39 is 0 Å². The first kappa shape index (κ1) is 16.4. The fourth-order valence-electron chi connectivity index (χ4n) is 4.40. The van der Waals surface area contributed by atoms with Gasteiger partial charge < -0.3 is 12.4 Å². The van der Waals surface area contributed by atoms with Crippen LogP contribution < -0.4 is 12.4 Å².